The molecular formula is C33H39NO6S2. The Morgan fingerprint density at radius 2 is 2.14 bits per heavy atom. The summed E-state index contributed by atoms with van der Waals surface area (Å²) in [6, 6.07) is 5.84. The van der Waals surface area contributed by atoms with Crippen molar-refractivity contribution in [3.05, 3.63) is 42.0 Å². The molecule has 4 aliphatic carbocycles. The SMILES string of the molecule is CCC[C@@H]1O[C@@H]2CC3C4CCC5=CC(=O)C=CC5(C)C4[C@@H](O)CC3(C)[C@]2(C(=O)CSc2nc3cc(OC)ccc3s2)O1. The number of thiazole rings is 1. The van der Waals surface area contributed by atoms with Gasteiger partial charge in [0.1, 0.15) is 5.75 Å². The maximum Gasteiger partial charge on any atom is 0.178 e. The summed E-state index contributed by atoms with van der Waals surface area (Å²) in [5, 5.41) is 11.9. The smallest absolute Gasteiger partial charge is 0.178 e. The van der Waals surface area contributed by atoms with Gasteiger partial charge in [-0.15, -0.1) is 11.3 Å². The fraction of sp³-hybridized carbons (Fsp3) is 0.606. The summed E-state index contributed by atoms with van der Waals surface area (Å²) in [5.41, 5.74) is -0.0368. The molecule has 224 valence electrons. The first-order valence-electron chi connectivity index (χ1n) is 15.2. The van der Waals surface area contributed by atoms with E-state index >= 15 is 0 Å². The van der Waals surface area contributed by atoms with E-state index in [-0.39, 0.29) is 46.6 Å². The third-order valence-corrected chi connectivity index (χ3v) is 13.3. The minimum absolute atomic E-state index is 0.00791. The second-order valence-corrected chi connectivity index (χ2v) is 15.4. The number of benzene rings is 1. The van der Waals surface area contributed by atoms with Crippen molar-refractivity contribution in [3.63, 3.8) is 0 Å². The van der Waals surface area contributed by atoms with E-state index in [1.807, 2.05) is 24.3 Å². The first-order chi connectivity index (χ1) is 20.1. The lowest BCUT2D eigenvalue weighted by atomic mass is 9.46. The van der Waals surface area contributed by atoms with E-state index in [1.54, 1.807) is 30.6 Å². The zero-order valence-electron chi connectivity index (χ0n) is 24.6. The summed E-state index contributed by atoms with van der Waals surface area (Å²) < 4.78 is 20.6. The van der Waals surface area contributed by atoms with Crippen molar-refractivity contribution in [1.29, 1.82) is 0 Å². The molecule has 3 saturated carbocycles. The van der Waals surface area contributed by atoms with Gasteiger partial charge in [-0.2, -0.15) is 0 Å². The molecule has 9 atom stereocenters. The maximum atomic E-state index is 14.5. The number of Topliss-reactive ketones (excluding diaryl/α,β-unsaturated/α-hetero) is 1. The van der Waals surface area contributed by atoms with Crippen LogP contribution in [0.3, 0.4) is 0 Å². The first kappa shape index (κ1) is 28.7. The predicted octanol–water partition coefficient (Wildman–Crippen LogP) is 6.14. The average Bonchev–Trinajstić information content (AvgIpc) is 3.61. The van der Waals surface area contributed by atoms with Gasteiger partial charge in [-0.3, -0.25) is 9.59 Å². The number of fused-ring (bicyclic) bond motifs is 8. The molecule has 42 heavy (non-hydrogen) atoms. The topological polar surface area (TPSA) is 95.0 Å². The third-order valence-electron chi connectivity index (χ3n) is 11.1. The fourth-order valence-electron chi connectivity index (χ4n) is 9.31. The molecule has 0 spiro atoms. The summed E-state index contributed by atoms with van der Waals surface area (Å²) in [7, 11) is 1.64. The Bertz CT molecular complexity index is 1500. The van der Waals surface area contributed by atoms with Gasteiger partial charge in [0.25, 0.3) is 0 Å². The molecule has 2 heterocycles. The zero-order valence-corrected chi connectivity index (χ0v) is 26.3. The van der Waals surface area contributed by atoms with Gasteiger partial charge in [0.15, 0.2) is 27.8 Å². The van der Waals surface area contributed by atoms with Crippen LogP contribution in [0.4, 0.5) is 0 Å². The summed E-state index contributed by atoms with van der Waals surface area (Å²) in [4.78, 5) is 31.5. The van der Waals surface area contributed by atoms with Gasteiger partial charge >= 0.3 is 0 Å². The Morgan fingerprint density at radius 1 is 1.31 bits per heavy atom. The van der Waals surface area contributed by atoms with Gasteiger partial charge in [0.05, 0.1) is 35.3 Å². The molecule has 0 amide bonds. The number of carbonyl (C=O) groups is 2. The van der Waals surface area contributed by atoms with Gasteiger partial charge < -0.3 is 19.3 Å². The minimum atomic E-state index is -1.11. The molecule has 1 aliphatic heterocycles. The molecule has 4 fully saturated rings. The van der Waals surface area contributed by atoms with Gasteiger partial charge in [0.2, 0.25) is 0 Å². The molecule has 9 heteroatoms. The number of ketones is 2. The molecule has 1 aromatic heterocycles. The summed E-state index contributed by atoms with van der Waals surface area (Å²) in [5.74, 6) is 1.43. The van der Waals surface area contributed by atoms with Crippen LogP contribution in [-0.4, -0.2) is 58.6 Å². The Morgan fingerprint density at radius 3 is 2.93 bits per heavy atom. The van der Waals surface area contributed by atoms with E-state index in [0.717, 1.165) is 58.0 Å². The lowest BCUT2D eigenvalue weighted by Gasteiger charge is -2.59. The van der Waals surface area contributed by atoms with Crippen molar-refractivity contribution >= 4 is 44.9 Å². The summed E-state index contributed by atoms with van der Waals surface area (Å²) in [6.45, 7) is 6.45. The number of ether oxygens (including phenoxy) is 3. The van der Waals surface area contributed by atoms with Crippen molar-refractivity contribution in [2.45, 2.75) is 87.7 Å². The van der Waals surface area contributed by atoms with Gasteiger partial charge in [-0.05, 0) is 68.2 Å². The number of hydrogen-bond donors (Lipinski definition) is 1. The van der Waals surface area contributed by atoms with Crippen LogP contribution < -0.4 is 4.74 Å². The fourth-order valence-corrected chi connectivity index (χ4v) is 11.3. The second-order valence-electron chi connectivity index (χ2n) is 13.2. The van der Waals surface area contributed by atoms with Crippen molar-refractivity contribution < 1.29 is 28.9 Å². The van der Waals surface area contributed by atoms with Crippen molar-refractivity contribution in [1.82, 2.24) is 4.98 Å². The molecule has 1 aromatic carbocycles. The van der Waals surface area contributed by atoms with Crippen LogP contribution in [0.2, 0.25) is 0 Å². The van der Waals surface area contributed by atoms with Crippen LogP contribution in [0.25, 0.3) is 10.2 Å². The highest BCUT2D eigenvalue weighted by Crippen LogP contribution is 2.70. The van der Waals surface area contributed by atoms with Crippen molar-refractivity contribution in [3.8, 4) is 5.75 Å². The highest BCUT2D eigenvalue weighted by Gasteiger charge is 2.75. The summed E-state index contributed by atoms with van der Waals surface area (Å²) in [6.07, 6.45) is 8.68. The van der Waals surface area contributed by atoms with Crippen LogP contribution in [0.15, 0.2) is 46.3 Å². The molecule has 7 nitrogen and oxygen atoms in total. The maximum absolute atomic E-state index is 14.5. The van der Waals surface area contributed by atoms with Crippen LogP contribution >= 0.6 is 23.1 Å². The molecule has 7 rings (SSSR count). The average molecular weight is 610 g/mol. The number of hydrogen-bond acceptors (Lipinski definition) is 9. The van der Waals surface area contributed by atoms with Gasteiger partial charge in [0, 0.05) is 22.8 Å². The second kappa shape index (κ2) is 10.3. The zero-order chi connectivity index (χ0) is 29.4. The number of aromatic nitrogens is 1. The molecular weight excluding hydrogens is 570 g/mol. The van der Waals surface area contributed by atoms with Gasteiger partial charge in [-0.1, -0.05) is 50.6 Å². The van der Waals surface area contributed by atoms with E-state index < -0.39 is 23.4 Å². The molecule has 1 saturated heterocycles. The molecule has 5 unspecified atom stereocenters. The number of rotatable bonds is 7. The lowest BCUT2D eigenvalue weighted by Crippen LogP contribution is -2.63. The van der Waals surface area contributed by atoms with Crippen LogP contribution in [0.1, 0.15) is 59.3 Å². The van der Waals surface area contributed by atoms with Crippen molar-refractivity contribution in [2.24, 2.45) is 28.6 Å². The standard InChI is InChI=1S/C33H39NO6S2/c1-5-6-28-39-27-15-22-21-9-7-18-13-19(35)11-12-31(18,2)29(21)24(36)16-32(22,3)33(27,40-28)26(37)17-41-30-34-23-14-20(38-4)8-10-25(23)42-30/h8,10-14,21-22,24,27-29,36H,5-7,9,15-17H2,1-4H3/t21?,22?,24-,27+,28+,29?,31?,32?,33+/m0/s1. The van der Waals surface area contributed by atoms with Gasteiger partial charge in [-0.25, -0.2) is 4.98 Å². The van der Waals surface area contributed by atoms with E-state index in [4.69, 9.17) is 19.2 Å². The highest BCUT2D eigenvalue weighted by molar-refractivity contribution is 8.01. The number of thioether (sulfide) groups is 1. The number of aliphatic hydroxyl groups is 1. The highest BCUT2D eigenvalue weighted by atomic mass is 32.2. The van der Waals surface area contributed by atoms with E-state index in [1.165, 1.54) is 11.8 Å². The molecule has 5 aliphatic rings. The van der Waals surface area contributed by atoms with Crippen LogP contribution in [0, 0.1) is 28.6 Å². The Kier molecular flexibility index (Phi) is 7.02. The molecule has 2 aromatic rings. The predicted molar refractivity (Wildman–Crippen MR) is 163 cm³/mol. The number of nitrogens with zero attached hydrogens (tertiary/aromatic N) is 1. The third kappa shape index (κ3) is 4.06. The summed E-state index contributed by atoms with van der Waals surface area (Å²) >= 11 is 3.04. The van der Waals surface area contributed by atoms with Crippen LogP contribution in [0.5, 0.6) is 5.75 Å². The normalized spacial score (nSPS) is 40.3. The Hall–Kier alpha value is -2.04. The van der Waals surface area contributed by atoms with E-state index in [0.29, 0.717) is 6.42 Å². The Labute approximate surface area is 255 Å². The first-order valence-corrected chi connectivity index (χ1v) is 17.0. The van der Waals surface area contributed by atoms with E-state index in [2.05, 4.69) is 20.8 Å². The number of aliphatic hydroxyl groups excluding tert-OH is 1. The van der Waals surface area contributed by atoms with Crippen molar-refractivity contribution in [2.75, 3.05) is 12.9 Å². The number of methoxy groups -OCH3 is 1. The van der Waals surface area contributed by atoms with E-state index in [9.17, 15) is 14.7 Å². The minimum Gasteiger partial charge on any atom is -0.497 e. The largest absolute Gasteiger partial charge is 0.497 e. The molecule has 1 N–H and O–H groups in total. The Balaban J connectivity index is 1.20. The number of carbonyl (C=O) groups excluding carboxylic acids is 2. The molecule has 0 radical (unpaired) electrons. The lowest BCUT2D eigenvalue weighted by molar-refractivity contribution is -0.197. The quantitative estimate of drug-likeness (QED) is 0.375. The van der Waals surface area contributed by atoms with Crippen LogP contribution in [-0.2, 0) is 19.1 Å². The monoisotopic (exact) mass is 609 g/mol. The molecule has 0 bridgehead atoms. The number of allylic oxidation sites excluding steroid dienone is 4.